The van der Waals surface area contributed by atoms with E-state index in [-0.39, 0.29) is 12.0 Å². The van der Waals surface area contributed by atoms with Crippen molar-refractivity contribution in [3.05, 3.63) is 0 Å². The Morgan fingerprint density at radius 1 is 1.27 bits per heavy atom. The van der Waals surface area contributed by atoms with Gasteiger partial charge < -0.3 is 14.6 Å². The largest absolute Gasteiger partial charge is 0.396 e. The molecule has 0 spiro atoms. The van der Waals surface area contributed by atoms with E-state index >= 15 is 0 Å². The Hall–Kier alpha value is -0.410. The van der Waals surface area contributed by atoms with Gasteiger partial charge in [-0.15, -0.1) is 0 Å². The van der Waals surface area contributed by atoms with Crippen LogP contribution in [0.25, 0.3) is 0 Å². The van der Waals surface area contributed by atoms with Crippen LogP contribution in [-0.2, 0) is 9.53 Å². The number of aliphatic hydroxyl groups is 1. The molecule has 0 aromatic carbocycles. The third-order valence-corrected chi connectivity index (χ3v) is 3.32. The van der Waals surface area contributed by atoms with Crippen molar-refractivity contribution in [1.29, 1.82) is 0 Å². The fourth-order valence-corrected chi connectivity index (χ4v) is 1.12. The van der Waals surface area contributed by atoms with Gasteiger partial charge in [-0.2, -0.15) is 0 Å². The minimum absolute atomic E-state index is 0.0858. The van der Waals surface area contributed by atoms with Crippen molar-refractivity contribution in [2.75, 3.05) is 13.2 Å². The fraction of sp³-hybridized carbons (Fsp3) is 0.917. The van der Waals surface area contributed by atoms with Crippen LogP contribution in [0.5, 0.6) is 0 Å². The molecule has 0 saturated heterocycles. The van der Waals surface area contributed by atoms with Crippen molar-refractivity contribution in [1.82, 2.24) is 0 Å². The first-order chi connectivity index (χ1) is 6.95. The van der Waals surface area contributed by atoms with Crippen molar-refractivity contribution in [2.24, 2.45) is 5.41 Å². The number of hydrogen-bond acceptors (Lipinski definition) is 3. The number of hydrogen-bond donors (Lipinski definition) is 1. The third-order valence-electron chi connectivity index (χ3n) is 3.32. The average molecular weight is 216 g/mol. The molecule has 0 aliphatic rings. The lowest BCUT2D eigenvalue weighted by Crippen LogP contribution is -2.32. The van der Waals surface area contributed by atoms with Crippen molar-refractivity contribution in [2.45, 2.75) is 52.6 Å². The molecule has 15 heavy (non-hydrogen) atoms. The predicted octanol–water partition coefficient (Wildman–Crippen LogP) is 2.17. The van der Waals surface area contributed by atoms with Crippen LogP contribution in [0.3, 0.4) is 0 Å². The van der Waals surface area contributed by atoms with Crippen LogP contribution in [0.15, 0.2) is 0 Å². The van der Waals surface area contributed by atoms with Crippen LogP contribution in [0, 0.1) is 5.41 Å². The monoisotopic (exact) mass is 216 g/mol. The number of carbonyl (C=O) groups is 1. The Balaban J connectivity index is 4.02. The molecule has 2 atom stereocenters. The summed E-state index contributed by atoms with van der Waals surface area (Å²) in [5, 5.41) is 9.20. The maximum Gasteiger partial charge on any atom is 0.151 e. The number of carbonyl (C=O) groups excluding carboxylic acids is 1. The molecule has 0 heterocycles. The molecule has 1 N–H and O–H groups in total. The zero-order valence-corrected chi connectivity index (χ0v) is 10.4. The standard InChI is InChI=1S/C12H24O3/c1-5-11(3,9-13)7-8-15-12(4,6-2)10-14/h10,13H,5-9H2,1-4H3. The summed E-state index contributed by atoms with van der Waals surface area (Å²) in [6.07, 6.45) is 3.23. The van der Waals surface area contributed by atoms with Crippen molar-refractivity contribution in [3.8, 4) is 0 Å². The van der Waals surface area contributed by atoms with E-state index in [1.54, 1.807) is 6.92 Å². The first-order valence-corrected chi connectivity index (χ1v) is 5.66. The maximum absolute atomic E-state index is 10.8. The highest BCUT2D eigenvalue weighted by atomic mass is 16.5. The van der Waals surface area contributed by atoms with Gasteiger partial charge in [0.15, 0.2) is 6.29 Å². The van der Waals surface area contributed by atoms with Crippen molar-refractivity contribution in [3.63, 3.8) is 0 Å². The van der Waals surface area contributed by atoms with Gasteiger partial charge in [0.05, 0.1) is 0 Å². The number of ether oxygens (including phenoxy) is 1. The normalized spacial score (nSPS) is 19.3. The Bertz CT molecular complexity index is 187. The Morgan fingerprint density at radius 2 is 1.87 bits per heavy atom. The Kier molecular flexibility index (Phi) is 6.06. The summed E-state index contributed by atoms with van der Waals surface area (Å²) in [5.74, 6) is 0. The summed E-state index contributed by atoms with van der Waals surface area (Å²) in [6, 6.07) is 0. The fourth-order valence-electron chi connectivity index (χ4n) is 1.12. The lowest BCUT2D eigenvalue weighted by molar-refractivity contribution is -0.130. The molecule has 2 unspecified atom stereocenters. The molecule has 0 aliphatic carbocycles. The highest BCUT2D eigenvalue weighted by Crippen LogP contribution is 2.25. The van der Waals surface area contributed by atoms with Gasteiger partial charge in [0, 0.05) is 13.2 Å². The van der Waals surface area contributed by atoms with E-state index in [2.05, 4.69) is 6.92 Å². The average Bonchev–Trinajstić information content (AvgIpc) is 2.28. The Morgan fingerprint density at radius 3 is 2.20 bits per heavy atom. The topological polar surface area (TPSA) is 46.5 Å². The number of aldehydes is 1. The summed E-state index contributed by atoms with van der Waals surface area (Å²) in [6.45, 7) is 8.49. The summed E-state index contributed by atoms with van der Waals surface area (Å²) in [4.78, 5) is 10.8. The second kappa shape index (κ2) is 6.23. The first kappa shape index (κ1) is 14.6. The van der Waals surface area contributed by atoms with E-state index < -0.39 is 5.60 Å². The highest BCUT2D eigenvalue weighted by molar-refractivity contribution is 5.61. The van der Waals surface area contributed by atoms with Gasteiger partial charge >= 0.3 is 0 Å². The molecule has 0 radical (unpaired) electrons. The smallest absolute Gasteiger partial charge is 0.151 e. The third kappa shape index (κ3) is 4.76. The van der Waals surface area contributed by atoms with Gasteiger partial charge in [0.25, 0.3) is 0 Å². The van der Waals surface area contributed by atoms with Gasteiger partial charge in [-0.1, -0.05) is 20.8 Å². The minimum Gasteiger partial charge on any atom is -0.396 e. The van der Waals surface area contributed by atoms with Gasteiger partial charge in [-0.3, -0.25) is 0 Å². The molecular weight excluding hydrogens is 192 g/mol. The summed E-state index contributed by atoms with van der Waals surface area (Å²) in [7, 11) is 0. The maximum atomic E-state index is 10.8. The Labute approximate surface area is 92.8 Å². The van der Waals surface area contributed by atoms with Crippen LogP contribution in [0.2, 0.25) is 0 Å². The van der Waals surface area contributed by atoms with Gasteiger partial charge in [-0.25, -0.2) is 0 Å². The van der Waals surface area contributed by atoms with Gasteiger partial charge in [0.1, 0.15) is 5.60 Å². The van der Waals surface area contributed by atoms with E-state index in [9.17, 15) is 9.90 Å². The minimum atomic E-state index is -0.663. The van der Waals surface area contributed by atoms with Crippen LogP contribution in [0.4, 0.5) is 0 Å². The predicted molar refractivity (Wildman–Crippen MR) is 60.8 cm³/mol. The quantitative estimate of drug-likeness (QED) is 0.632. The zero-order chi connectivity index (χ0) is 11.9. The molecule has 0 aliphatic heterocycles. The molecule has 3 nitrogen and oxygen atoms in total. The lowest BCUT2D eigenvalue weighted by Gasteiger charge is -2.28. The molecule has 0 rings (SSSR count). The van der Waals surface area contributed by atoms with Crippen molar-refractivity contribution < 1.29 is 14.6 Å². The lowest BCUT2D eigenvalue weighted by atomic mass is 9.85. The molecule has 90 valence electrons. The molecule has 0 aromatic heterocycles. The SMILES string of the molecule is CCC(C)(CO)CCOC(C)(C=O)CC. The highest BCUT2D eigenvalue weighted by Gasteiger charge is 2.25. The van der Waals surface area contributed by atoms with E-state index in [1.807, 2.05) is 13.8 Å². The van der Waals surface area contributed by atoms with E-state index in [1.165, 1.54) is 0 Å². The molecule has 0 bridgehead atoms. The zero-order valence-electron chi connectivity index (χ0n) is 10.4. The van der Waals surface area contributed by atoms with Gasteiger partial charge in [0.2, 0.25) is 0 Å². The number of rotatable bonds is 8. The molecule has 3 heteroatoms. The molecule has 0 amide bonds. The van der Waals surface area contributed by atoms with Crippen LogP contribution < -0.4 is 0 Å². The van der Waals surface area contributed by atoms with Gasteiger partial charge in [-0.05, 0) is 31.6 Å². The van der Waals surface area contributed by atoms with Crippen LogP contribution >= 0.6 is 0 Å². The van der Waals surface area contributed by atoms with Crippen LogP contribution in [-0.4, -0.2) is 30.2 Å². The molecular formula is C12H24O3. The second-order valence-electron chi connectivity index (χ2n) is 4.70. The van der Waals surface area contributed by atoms with E-state index in [0.717, 1.165) is 19.1 Å². The first-order valence-electron chi connectivity index (χ1n) is 5.66. The molecule has 0 aromatic rings. The second-order valence-corrected chi connectivity index (χ2v) is 4.70. The molecule has 0 saturated carbocycles. The van der Waals surface area contributed by atoms with Crippen LogP contribution in [0.1, 0.15) is 47.0 Å². The van der Waals surface area contributed by atoms with Crippen molar-refractivity contribution >= 4 is 6.29 Å². The molecule has 0 fully saturated rings. The summed E-state index contributed by atoms with van der Waals surface area (Å²) in [5.41, 5.74) is -0.748. The van der Waals surface area contributed by atoms with E-state index in [4.69, 9.17) is 4.74 Å². The number of aliphatic hydroxyl groups excluding tert-OH is 1. The summed E-state index contributed by atoms with van der Waals surface area (Å²) < 4.78 is 5.55. The summed E-state index contributed by atoms with van der Waals surface area (Å²) >= 11 is 0. The van der Waals surface area contributed by atoms with E-state index in [0.29, 0.717) is 13.0 Å².